The number of nitrogens with one attached hydrogen (secondary N) is 1. The van der Waals surface area contributed by atoms with Crippen LogP contribution in [0.2, 0.25) is 0 Å². The first-order chi connectivity index (χ1) is 11.7. The van der Waals surface area contributed by atoms with E-state index in [-0.39, 0.29) is 5.91 Å². The highest BCUT2D eigenvalue weighted by Gasteiger charge is 2.22. The van der Waals surface area contributed by atoms with Gasteiger partial charge in [0, 0.05) is 30.1 Å². The van der Waals surface area contributed by atoms with Gasteiger partial charge in [0.2, 0.25) is 0 Å². The van der Waals surface area contributed by atoms with E-state index in [0.717, 1.165) is 30.4 Å². The second-order valence-electron chi connectivity index (χ2n) is 6.24. The summed E-state index contributed by atoms with van der Waals surface area (Å²) in [5.74, 6) is -0.0154. The van der Waals surface area contributed by atoms with Crippen molar-refractivity contribution in [1.29, 1.82) is 0 Å². The van der Waals surface area contributed by atoms with Crippen LogP contribution in [0.25, 0.3) is 0 Å². The molecule has 4 heteroatoms. The van der Waals surface area contributed by atoms with Crippen LogP contribution in [0.4, 0.5) is 0 Å². The van der Waals surface area contributed by atoms with Crippen LogP contribution in [0.3, 0.4) is 0 Å². The van der Waals surface area contributed by atoms with Gasteiger partial charge in [-0.3, -0.25) is 9.69 Å². The van der Waals surface area contributed by atoms with Gasteiger partial charge in [-0.05, 0) is 52.0 Å². The van der Waals surface area contributed by atoms with Gasteiger partial charge in [0.1, 0.15) is 0 Å². The van der Waals surface area contributed by atoms with E-state index < -0.39 is 0 Å². The number of carbonyl (C=O) groups excluding carboxylic acids is 1. The number of nitrogens with zero attached hydrogens (tertiary/aromatic N) is 1. The first-order valence-corrected chi connectivity index (χ1v) is 9.32. The van der Waals surface area contributed by atoms with Crippen LogP contribution in [0.1, 0.15) is 34.8 Å². The van der Waals surface area contributed by atoms with Gasteiger partial charge < -0.3 is 5.32 Å². The minimum atomic E-state index is -0.0154. The fourth-order valence-electron chi connectivity index (χ4n) is 3.31. The lowest BCUT2D eigenvalue weighted by Gasteiger charge is -2.35. The van der Waals surface area contributed by atoms with Gasteiger partial charge in [-0.1, -0.05) is 43.3 Å². The van der Waals surface area contributed by atoms with Crippen LogP contribution in [-0.4, -0.2) is 29.9 Å². The summed E-state index contributed by atoms with van der Waals surface area (Å²) in [6, 6.07) is 16.6. The Hall–Kier alpha value is -1.65. The summed E-state index contributed by atoms with van der Waals surface area (Å²) in [5.41, 5.74) is 3.57. The van der Waals surface area contributed by atoms with Gasteiger partial charge in [-0.25, -0.2) is 0 Å². The summed E-state index contributed by atoms with van der Waals surface area (Å²) in [6.45, 7) is 4.90. The van der Waals surface area contributed by atoms with Gasteiger partial charge in [0.15, 0.2) is 0 Å². The van der Waals surface area contributed by atoms with Crippen LogP contribution in [0.15, 0.2) is 53.0 Å². The zero-order chi connectivity index (χ0) is 16.9. The molecule has 0 spiro atoms. The van der Waals surface area contributed by atoms with Crippen LogP contribution < -0.4 is 5.32 Å². The number of fused-ring (bicyclic) bond motifs is 1. The minimum Gasteiger partial charge on any atom is -0.350 e. The lowest BCUT2D eigenvalue weighted by Crippen LogP contribution is -2.45. The van der Waals surface area contributed by atoms with Crippen molar-refractivity contribution in [3.05, 3.63) is 69.7 Å². The molecule has 1 amide bonds. The van der Waals surface area contributed by atoms with E-state index in [1.807, 2.05) is 24.3 Å². The molecule has 1 aliphatic rings. The molecule has 0 unspecified atom stereocenters. The van der Waals surface area contributed by atoms with E-state index in [4.69, 9.17) is 0 Å². The molecule has 0 aromatic heterocycles. The second kappa shape index (κ2) is 7.95. The van der Waals surface area contributed by atoms with E-state index in [1.54, 1.807) is 0 Å². The van der Waals surface area contributed by atoms with E-state index in [1.165, 1.54) is 11.1 Å². The number of carbonyl (C=O) groups is 1. The SMILES string of the molecule is CC[C@H](CNC(=O)c1ccccc1Br)N1CCc2ccccc2C1. The van der Waals surface area contributed by atoms with Crippen molar-refractivity contribution in [3.63, 3.8) is 0 Å². The van der Waals surface area contributed by atoms with E-state index in [0.29, 0.717) is 18.2 Å². The van der Waals surface area contributed by atoms with Crippen molar-refractivity contribution in [3.8, 4) is 0 Å². The molecule has 0 radical (unpaired) electrons. The zero-order valence-electron chi connectivity index (χ0n) is 14.0. The molecular weight excluding hydrogens is 364 g/mol. The summed E-state index contributed by atoms with van der Waals surface area (Å²) in [6.07, 6.45) is 2.11. The highest BCUT2D eigenvalue weighted by atomic mass is 79.9. The van der Waals surface area contributed by atoms with Crippen molar-refractivity contribution < 1.29 is 4.79 Å². The average molecular weight is 387 g/mol. The van der Waals surface area contributed by atoms with Crippen molar-refractivity contribution in [2.45, 2.75) is 32.4 Å². The van der Waals surface area contributed by atoms with Crippen molar-refractivity contribution in [2.24, 2.45) is 0 Å². The Morgan fingerprint density at radius 2 is 1.88 bits per heavy atom. The van der Waals surface area contributed by atoms with Gasteiger partial charge in [-0.2, -0.15) is 0 Å². The lowest BCUT2D eigenvalue weighted by atomic mass is 9.98. The Labute approximate surface area is 152 Å². The molecule has 126 valence electrons. The number of amides is 1. The normalized spacial score (nSPS) is 15.6. The van der Waals surface area contributed by atoms with Crippen molar-refractivity contribution in [1.82, 2.24) is 10.2 Å². The molecule has 1 aliphatic heterocycles. The first-order valence-electron chi connectivity index (χ1n) is 8.52. The monoisotopic (exact) mass is 386 g/mol. The Balaban J connectivity index is 1.62. The number of rotatable bonds is 5. The highest BCUT2D eigenvalue weighted by molar-refractivity contribution is 9.10. The van der Waals surface area contributed by atoms with Crippen LogP contribution in [0.5, 0.6) is 0 Å². The number of hydrogen-bond acceptors (Lipinski definition) is 2. The largest absolute Gasteiger partial charge is 0.350 e. The molecule has 0 saturated carbocycles. The maximum absolute atomic E-state index is 12.4. The Morgan fingerprint density at radius 3 is 2.62 bits per heavy atom. The summed E-state index contributed by atoms with van der Waals surface area (Å²) >= 11 is 3.44. The standard InChI is InChI=1S/C20H23BrN2O/c1-2-17(13-22-20(24)18-9-5-6-10-19(18)21)23-12-11-15-7-3-4-8-16(15)14-23/h3-10,17H,2,11-14H2,1H3,(H,22,24)/t17-/m1/s1. The minimum absolute atomic E-state index is 0.0154. The molecule has 1 atom stereocenters. The maximum atomic E-state index is 12.4. The third-order valence-corrected chi connectivity index (χ3v) is 5.46. The molecule has 0 aliphatic carbocycles. The Bertz CT molecular complexity index is 716. The smallest absolute Gasteiger partial charge is 0.252 e. The van der Waals surface area contributed by atoms with E-state index in [2.05, 4.69) is 57.3 Å². The first kappa shape index (κ1) is 17.2. The predicted octanol–water partition coefficient (Wildman–Crippen LogP) is 4.02. The lowest BCUT2D eigenvalue weighted by molar-refractivity contribution is 0.0925. The molecular formula is C20H23BrN2O. The number of halogens is 1. The topological polar surface area (TPSA) is 32.3 Å². The molecule has 0 fully saturated rings. The number of hydrogen-bond donors (Lipinski definition) is 1. The molecule has 2 aromatic rings. The Kier molecular flexibility index (Phi) is 5.69. The fourth-order valence-corrected chi connectivity index (χ4v) is 3.78. The molecule has 24 heavy (non-hydrogen) atoms. The van der Waals surface area contributed by atoms with E-state index in [9.17, 15) is 4.79 Å². The van der Waals surface area contributed by atoms with E-state index >= 15 is 0 Å². The predicted molar refractivity (Wildman–Crippen MR) is 101 cm³/mol. The quantitative estimate of drug-likeness (QED) is 0.841. The summed E-state index contributed by atoms with van der Waals surface area (Å²) in [4.78, 5) is 14.9. The Morgan fingerprint density at radius 1 is 1.17 bits per heavy atom. The second-order valence-corrected chi connectivity index (χ2v) is 7.10. The molecule has 1 heterocycles. The van der Waals surface area contributed by atoms with Crippen molar-refractivity contribution in [2.75, 3.05) is 13.1 Å². The molecule has 0 bridgehead atoms. The van der Waals surface area contributed by atoms with Crippen LogP contribution in [-0.2, 0) is 13.0 Å². The van der Waals surface area contributed by atoms with Gasteiger partial charge in [0.05, 0.1) is 5.56 Å². The molecule has 1 N–H and O–H groups in total. The van der Waals surface area contributed by atoms with Crippen molar-refractivity contribution >= 4 is 21.8 Å². The highest BCUT2D eigenvalue weighted by Crippen LogP contribution is 2.21. The van der Waals surface area contributed by atoms with Gasteiger partial charge in [0.25, 0.3) is 5.91 Å². The van der Waals surface area contributed by atoms with Gasteiger partial charge >= 0.3 is 0 Å². The zero-order valence-corrected chi connectivity index (χ0v) is 15.6. The van der Waals surface area contributed by atoms with Gasteiger partial charge in [-0.15, -0.1) is 0 Å². The summed E-state index contributed by atoms with van der Waals surface area (Å²) in [7, 11) is 0. The average Bonchev–Trinajstić information content (AvgIpc) is 2.62. The maximum Gasteiger partial charge on any atom is 0.252 e. The fraction of sp³-hybridized carbons (Fsp3) is 0.350. The molecule has 3 nitrogen and oxygen atoms in total. The number of benzene rings is 2. The molecule has 0 saturated heterocycles. The summed E-state index contributed by atoms with van der Waals surface area (Å²) in [5, 5.41) is 3.10. The third kappa shape index (κ3) is 3.87. The van der Waals surface area contributed by atoms with Crippen LogP contribution >= 0.6 is 15.9 Å². The third-order valence-electron chi connectivity index (χ3n) is 4.76. The molecule has 3 rings (SSSR count). The summed E-state index contributed by atoms with van der Waals surface area (Å²) < 4.78 is 0.836. The molecule has 2 aromatic carbocycles. The van der Waals surface area contributed by atoms with Crippen LogP contribution in [0, 0.1) is 0 Å².